The number of amides is 1. The molecule has 0 aromatic heterocycles. The van der Waals surface area contributed by atoms with Crippen LogP contribution in [0, 0.1) is 0 Å². The molecular formula is C16H17NO. The van der Waals surface area contributed by atoms with Crippen LogP contribution in [0.1, 0.15) is 30.4 Å². The van der Waals surface area contributed by atoms with Gasteiger partial charge in [-0.15, -0.1) is 0 Å². The molecule has 0 fully saturated rings. The van der Waals surface area contributed by atoms with E-state index in [9.17, 15) is 4.79 Å². The fraction of sp³-hybridized carbons (Fsp3) is 0.312. The molecule has 2 nitrogen and oxygen atoms in total. The Morgan fingerprint density at radius 2 is 2.06 bits per heavy atom. The summed E-state index contributed by atoms with van der Waals surface area (Å²) < 4.78 is 0. The zero-order chi connectivity index (χ0) is 12.5. The van der Waals surface area contributed by atoms with E-state index < -0.39 is 0 Å². The molecule has 0 aliphatic heterocycles. The van der Waals surface area contributed by atoms with Crippen LogP contribution in [0.25, 0.3) is 10.8 Å². The Morgan fingerprint density at radius 3 is 2.83 bits per heavy atom. The highest BCUT2D eigenvalue weighted by Gasteiger charge is 2.23. The lowest BCUT2D eigenvalue weighted by Gasteiger charge is -2.11. The lowest BCUT2D eigenvalue weighted by molar-refractivity contribution is -0.118. The quantitative estimate of drug-likeness (QED) is 0.876. The highest BCUT2D eigenvalue weighted by Crippen LogP contribution is 2.39. The van der Waals surface area contributed by atoms with Crippen LogP contribution >= 0.6 is 0 Å². The monoisotopic (exact) mass is 239 g/mol. The number of hydrogen-bond donors (Lipinski definition) is 1. The predicted octanol–water partition coefficient (Wildman–Crippen LogP) is 3.01. The summed E-state index contributed by atoms with van der Waals surface area (Å²) in [5, 5.41) is 5.67. The molecule has 2 heteroatoms. The van der Waals surface area contributed by atoms with Gasteiger partial charge >= 0.3 is 0 Å². The molecule has 0 radical (unpaired) electrons. The molecule has 0 spiro atoms. The Balaban J connectivity index is 1.87. The summed E-state index contributed by atoms with van der Waals surface area (Å²) in [6, 6.07) is 13.1. The summed E-state index contributed by atoms with van der Waals surface area (Å²) >= 11 is 0. The molecule has 2 aromatic rings. The fourth-order valence-electron chi connectivity index (χ4n) is 3.02. The summed E-state index contributed by atoms with van der Waals surface area (Å²) in [7, 11) is 0. The molecule has 1 aliphatic carbocycles. The van der Waals surface area contributed by atoms with Gasteiger partial charge in [-0.2, -0.15) is 0 Å². The van der Waals surface area contributed by atoms with Gasteiger partial charge in [0.2, 0.25) is 5.91 Å². The van der Waals surface area contributed by atoms with E-state index in [2.05, 4.69) is 41.7 Å². The second kappa shape index (κ2) is 4.45. The normalized spacial score (nSPS) is 17.1. The van der Waals surface area contributed by atoms with Gasteiger partial charge in [0.05, 0.1) is 0 Å². The second-order valence-electron chi connectivity index (χ2n) is 5.04. The van der Waals surface area contributed by atoms with Gasteiger partial charge in [-0.1, -0.05) is 36.4 Å². The first kappa shape index (κ1) is 11.3. The molecule has 2 aromatic carbocycles. The van der Waals surface area contributed by atoms with Crippen molar-refractivity contribution >= 4 is 16.7 Å². The first-order valence-electron chi connectivity index (χ1n) is 6.50. The molecule has 1 amide bonds. The van der Waals surface area contributed by atoms with E-state index in [0.717, 1.165) is 19.4 Å². The van der Waals surface area contributed by atoms with E-state index in [1.165, 1.54) is 21.9 Å². The van der Waals surface area contributed by atoms with Crippen LogP contribution in [-0.2, 0) is 11.2 Å². The van der Waals surface area contributed by atoms with Crippen molar-refractivity contribution in [2.75, 3.05) is 6.54 Å². The van der Waals surface area contributed by atoms with E-state index in [1.54, 1.807) is 6.92 Å². The largest absolute Gasteiger partial charge is 0.356 e. The Labute approximate surface area is 107 Å². The average Bonchev–Trinajstić information content (AvgIpc) is 2.70. The van der Waals surface area contributed by atoms with Gasteiger partial charge in [-0.05, 0) is 40.7 Å². The number of rotatable bonds is 3. The van der Waals surface area contributed by atoms with Gasteiger partial charge in [-0.25, -0.2) is 0 Å². The smallest absolute Gasteiger partial charge is 0.216 e. The maximum absolute atomic E-state index is 10.9. The molecule has 1 atom stereocenters. The Kier molecular flexibility index (Phi) is 2.78. The summed E-state index contributed by atoms with van der Waals surface area (Å²) in [5.41, 5.74) is 2.91. The van der Waals surface area contributed by atoms with Crippen molar-refractivity contribution in [1.82, 2.24) is 5.32 Å². The number of hydrogen-bond acceptors (Lipinski definition) is 1. The van der Waals surface area contributed by atoms with Crippen molar-refractivity contribution in [1.29, 1.82) is 0 Å². The highest BCUT2D eigenvalue weighted by molar-refractivity contribution is 5.91. The lowest BCUT2D eigenvalue weighted by Crippen LogP contribution is -2.22. The van der Waals surface area contributed by atoms with E-state index >= 15 is 0 Å². The molecular weight excluding hydrogens is 222 g/mol. The van der Waals surface area contributed by atoms with Crippen molar-refractivity contribution in [3.63, 3.8) is 0 Å². The topological polar surface area (TPSA) is 29.1 Å². The van der Waals surface area contributed by atoms with Gasteiger partial charge in [0.15, 0.2) is 0 Å². The molecule has 0 heterocycles. The summed E-state index contributed by atoms with van der Waals surface area (Å²) in [6.45, 7) is 2.34. The van der Waals surface area contributed by atoms with Gasteiger partial charge in [-0.3, -0.25) is 4.79 Å². The Bertz CT molecular complexity index is 598. The SMILES string of the molecule is CC(=O)NCC[C@H]1Cc2cccc3cccc1c23. The third-order valence-corrected chi connectivity index (χ3v) is 3.80. The van der Waals surface area contributed by atoms with Crippen LogP contribution < -0.4 is 5.32 Å². The highest BCUT2D eigenvalue weighted by atomic mass is 16.1. The third-order valence-electron chi connectivity index (χ3n) is 3.80. The summed E-state index contributed by atoms with van der Waals surface area (Å²) in [4.78, 5) is 10.9. The van der Waals surface area contributed by atoms with E-state index in [4.69, 9.17) is 0 Å². The van der Waals surface area contributed by atoms with Gasteiger partial charge < -0.3 is 5.32 Å². The van der Waals surface area contributed by atoms with Crippen molar-refractivity contribution in [2.45, 2.75) is 25.7 Å². The van der Waals surface area contributed by atoms with Crippen LogP contribution in [0.4, 0.5) is 0 Å². The van der Waals surface area contributed by atoms with Crippen molar-refractivity contribution < 1.29 is 4.79 Å². The third kappa shape index (κ3) is 1.88. The summed E-state index contributed by atoms with van der Waals surface area (Å²) in [6.07, 6.45) is 2.13. The van der Waals surface area contributed by atoms with Gasteiger partial charge in [0, 0.05) is 13.5 Å². The van der Waals surface area contributed by atoms with Crippen LogP contribution in [0.5, 0.6) is 0 Å². The zero-order valence-corrected chi connectivity index (χ0v) is 10.6. The molecule has 92 valence electrons. The predicted molar refractivity (Wildman–Crippen MR) is 73.7 cm³/mol. The van der Waals surface area contributed by atoms with Crippen molar-refractivity contribution in [3.8, 4) is 0 Å². The fourth-order valence-corrected chi connectivity index (χ4v) is 3.02. The maximum Gasteiger partial charge on any atom is 0.216 e. The van der Waals surface area contributed by atoms with E-state index in [0.29, 0.717) is 5.92 Å². The first-order valence-corrected chi connectivity index (χ1v) is 6.50. The van der Waals surface area contributed by atoms with Crippen molar-refractivity contribution in [3.05, 3.63) is 47.5 Å². The lowest BCUT2D eigenvalue weighted by atomic mass is 9.97. The molecule has 0 unspecified atom stereocenters. The number of carbonyl (C=O) groups is 1. The molecule has 3 rings (SSSR count). The second-order valence-corrected chi connectivity index (χ2v) is 5.04. The zero-order valence-electron chi connectivity index (χ0n) is 10.6. The number of carbonyl (C=O) groups excluding carboxylic acids is 1. The van der Waals surface area contributed by atoms with Gasteiger partial charge in [0.1, 0.15) is 0 Å². The minimum absolute atomic E-state index is 0.0590. The van der Waals surface area contributed by atoms with Crippen LogP contribution in [0.15, 0.2) is 36.4 Å². The number of benzene rings is 2. The standard InChI is InChI=1S/C16H17NO/c1-11(18)17-9-8-13-10-14-6-2-4-12-5-3-7-15(13)16(12)14/h2-7,13H,8-10H2,1H3,(H,17,18)/t13-/m0/s1. The van der Waals surface area contributed by atoms with Gasteiger partial charge in [0.25, 0.3) is 0 Å². The van der Waals surface area contributed by atoms with Crippen LogP contribution in [0.3, 0.4) is 0 Å². The number of nitrogens with one attached hydrogen (secondary N) is 1. The van der Waals surface area contributed by atoms with E-state index in [1.807, 2.05) is 0 Å². The Morgan fingerprint density at radius 1 is 1.28 bits per heavy atom. The molecule has 18 heavy (non-hydrogen) atoms. The summed E-state index contributed by atoms with van der Waals surface area (Å²) in [5.74, 6) is 0.613. The molecule has 0 bridgehead atoms. The minimum atomic E-state index is 0.0590. The minimum Gasteiger partial charge on any atom is -0.356 e. The van der Waals surface area contributed by atoms with Crippen LogP contribution in [0.2, 0.25) is 0 Å². The average molecular weight is 239 g/mol. The van der Waals surface area contributed by atoms with Crippen LogP contribution in [-0.4, -0.2) is 12.5 Å². The first-order chi connectivity index (χ1) is 8.75. The molecule has 0 saturated carbocycles. The van der Waals surface area contributed by atoms with E-state index in [-0.39, 0.29) is 5.91 Å². The molecule has 1 N–H and O–H groups in total. The molecule has 1 aliphatic rings. The molecule has 0 saturated heterocycles. The maximum atomic E-state index is 10.9. The Hall–Kier alpha value is -1.83. The van der Waals surface area contributed by atoms with Crippen molar-refractivity contribution in [2.24, 2.45) is 0 Å².